The summed E-state index contributed by atoms with van der Waals surface area (Å²) in [5.41, 5.74) is 2.34. The highest BCUT2D eigenvalue weighted by Crippen LogP contribution is 2.43. The van der Waals surface area contributed by atoms with Gasteiger partial charge in [-0.15, -0.1) is 0 Å². The monoisotopic (exact) mass is 486 g/mol. The largest absolute Gasteiger partial charge is 0.508 e. The van der Waals surface area contributed by atoms with Gasteiger partial charge in [0.2, 0.25) is 0 Å². The van der Waals surface area contributed by atoms with E-state index in [4.69, 9.17) is 4.74 Å². The first-order chi connectivity index (χ1) is 17.4. The molecule has 7 nitrogen and oxygen atoms in total. The van der Waals surface area contributed by atoms with Crippen molar-refractivity contribution in [3.8, 4) is 11.5 Å². The average Bonchev–Trinajstić information content (AvgIpc) is 3.15. The van der Waals surface area contributed by atoms with E-state index in [1.165, 1.54) is 17.0 Å². The van der Waals surface area contributed by atoms with Crippen molar-refractivity contribution < 1.29 is 24.5 Å². The Labute approximate surface area is 210 Å². The molecule has 36 heavy (non-hydrogen) atoms. The summed E-state index contributed by atoms with van der Waals surface area (Å²) in [5, 5.41) is 21.5. The maximum Gasteiger partial charge on any atom is 0.300 e. The number of ether oxygens (including phenoxy) is 1. The number of aliphatic hydroxyl groups is 1. The number of nitrogens with zero attached hydrogens (tertiary/aromatic N) is 2. The van der Waals surface area contributed by atoms with Crippen molar-refractivity contribution in [3.05, 3.63) is 89.5 Å². The number of hydrogen-bond acceptors (Lipinski definition) is 6. The molecule has 186 valence electrons. The number of aromatic hydroxyl groups is 1. The maximum atomic E-state index is 13.4. The summed E-state index contributed by atoms with van der Waals surface area (Å²) in [4.78, 5) is 30.2. The summed E-state index contributed by atoms with van der Waals surface area (Å²) in [6.07, 6.45) is 0. The molecule has 1 aliphatic rings. The Morgan fingerprint density at radius 3 is 2.28 bits per heavy atom. The molecular weight excluding hydrogens is 456 g/mol. The van der Waals surface area contributed by atoms with E-state index in [2.05, 4.69) is 18.7 Å². The second-order valence-corrected chi connectivity index (χ2v) is 8.41. The number of amides is 1. The Balaban J connectivity index is 1.87. The molecule has 4 rings (SSSR count). The average molecular weight is 487 g/mol. The van der Waals surface area contributed by atoms with Gasteiger partial charge in [-0.2, -0.15) is 0 Å². The molecular formula is C29H30N2O5. The van der Waals surface area contributed by atoms with Crippen LogP contribution >= 0.6 is 0 Å². The third-order valence-electron chi connectivity index (χ3n) is 6.31. The zero-order valence-corrected chi connectivity index (χ0v) is 20.6. The maximum absolute atomic E-state index is 13.4. The molecule has 1 saturated heterocycles. The van der Waals surface area contributed by atoms with Gasteiger partial charge in [-0.05, 0) is 74.9 Å². The number of phenols is 1. The van der Waals surface area contributed by atoms with Gasteiger partial charge in [-0.3, -0.25) is 14.5 Å². The minimum absolute atomic E-state index is 0.00619. The molecule has 1 heterocycles. The molecule has 0 saturated carbocycles. The van der Waals surface area contributed by atoms with Crippen molar-refractivity contribution in [3.63, 3.8) is 0 Å². The SMILES string of the molecule is CCOc1cccc(/C(O)=C2/C(=O)C(=O)N(c3ccc(N(CC)CC)cc3)C2c2cccc(O)c2)c1. The van der Waals surface area contributed by atoms with E-state index >= 15 is 0 Å². The number of rotatable bonds is 8. The zero-order valence-electron chi connectivity index (χ0n) is 20.6. The van der Waals surface area contributed by atoms with Crippen molar-refractivity contribution in [2.24, 2.45) is 0 Å². The van der Waals surface area contributed by atoms with Gasteiger partial charge in [0.1, 0.15) is 17.3 Å². The highest BCUT2D eigenvalue weighted by Gasteiger charge is 2.47. The van der Waals surface area contributed by atoms with E-state index in [1.54, 1.807) is 48.5 Å². The highest BCUT2D eigenvalue weighted by molar-refractivity contribution is 6.51. The number of benzene rings is 3. The minimum Gasteiger partial charge on any atom is -0.508 e. The molecule has 0 radical (unpaired) electrons. The van der Waals surface area contributed by atoms with Gasteiger partial charge in [0.15, 0.2) is 0 Å². The number of anilines is 2. The van der Waals surface area contributed by atoms with Crippen molar-refractivity contribution in [1.82, 2.24) is 0 Å². The molecule has 3 aromatic carbocycles. The molecule has 1 amide bonds. The van der Waals surface area contributed by atoms with Crippen molar-refractivity contribution in [2.75, 3.05) is 29.5 Å². The quantitative estimate of drug-likeness (QED) is 0.256. The van der Waals surface area contributed by atoms with Crippen molar-refractivity contribution in [1.29, 1.82) is 0 Å². The molecule has 1 fully saturated rings. The molecule has 0 bridgehead atoms. The van der Waals surface area contributed by atoms with E-state index in [9.17, 15) is 19.8 Å². The van der Waals surface area contributed by atoms with Gasteiger partial charge in [-0.1, -0.05) is 24.3 Å². The number of carbonyl (C=O) groups is 2. The number of hydrogen-bond donors (Lipinski definition) is 2. The van der Waals surface area contributed by atoms with Gasteiger partial charge in [0.05, 0.1) is 18.2 Å². The van der Waals surface area contributed by atoms with Gasteiger partial charge < -0.3 is 19.8 Å². The fourth-order valence-corrected chi connectivity index (χ4v) is 4.58. The normalized spacial score (nSPS) is 16.9. The van der Waals surface area contributed by atoms with Crippen LogP contribution in [0.15, 0.2) is 78.4 Å². The molecule has 1 unspecified atom stereocenters. The number of aliphatic hydroxyl groups excluding tert-OH is 1. The Bertz CT molecular complexity index is 1300. The van der Waals surface area contributed by atoms with E-state index in [-0.39, 0.29) is 17.1 Å². The molecule has 1 atom stereocenters. The first-order valence-corrected chi connectivity index (χ1v) is 12.1. The van der Waals surface area contributed by atoms with Crippen LogP contribution in [0.3, 0.4) is 0 Å². The molecule has 1 aliphatic heterocycles. The summed E-state index contributed by atoms with van der Waals surface area (Å²) >= 11 is 0. The summed E-state index contributed by atoms with van der Waals surface area (Å²) in [6.45, 7) is 8.11. The van der Waals surface area contributed by atoms with Crippen LogP contribution in [0.1, 0.15) is 37.9 Å². The van der Waals surface area contributed by atoms with Gasteiger partial charge in [0.25, 0.3) is 11.7 Å². The van der Waals surface area contributed by atoms with Gasteiger partial charge in [0, 0.05) is 30.0 Å². The van der Waals surface area contributed by atoms with Crippen LogP contribution in [0.4, 0.5) is 11.4 Å². The predicted molar refractivity (Wildman–Crippen MR) is 141 cm³/mol. The van der Waals surface area contributed by atoms with Crippen LogP contribution in [0.2, 0.25) is 0 Å². The highest BCUT2D eigenvalue weighted by atomic mass is 16.5. The van der Waals surface area contributed by atoms with Gasteiger partial charge in [-0.25, -0.2) is 0 Å². The van der Waals surface area contributed by atoms with Crippen LogP contribution in [-0.2, 0) is 9.59 Å². The van der Waals surface area contributed by atoms with Crippen molar-refractivity contribution >= 4 is 28.8 Å². The predicted octanol–water partition coefficient (Wildman–Crippen LogP) is 5.26. The lowest BCUT2D eigenvalue weighted by Crippen LogP contribution is -2.29. The summed E-state index contributed by atoms with van der Waals surface area (Å²) in [5.74, 6) is -1.31. The van der Waals surface area contributed by atoms with Crippen LogP contribution < -0.4 is 14.5 Å². The standard InChI is InChI=1S/C29H30N2O5/c1-4-30(5-2)21-13-15-22(16-14-21)31-26(19-9-7-11-23(32)17-19)25(28(34)29(31)35)27(33)20-10-8-12-24(18-20)36-6-3/h7-18,26,32-33H,4-6H2,1-3H3/b27-25-. The lowest BCUT2D eigenvalue weighted by molar-refractivity contribution is -0.132. The van der Waals surface area contributed by atoms with E-state index in [1.807, 2.05) is 19.1 Å². The fourth-order valence-electron chi connectivity index (χ4n) is 4.58. The Hall–Kier alpha value is -4.26. The van der Waals surface area contributed by atoms with Gasteiger partial charge >= 0.3 is 0 Å². The zero-order chi connectivity index (χ0) is 25.8. The third-order valence-corrected chi connectivity index (χ3v) is 6.31. The van der Waals surface area contributed by atoms with Crippen LogP contribution in [-0.4, -0.2) is 41.6 Å². The summed E-state index contributed by atoms with van der Waals surface area (Å²) in [7, 11) is 0. The summed E-state index contributed by atoms with van der Waals surface area (Å²) < 4.78 is 5.54. The lowest BCUT2D eigenvalue weighted by atomic mass is 9.95. The second-order valence-electron chi connectivity index (χ2n) is 8.41. The number of ketones is 1. The number of phenolic OH excluding ortho intramolecular Hbond substituents is 1. The molecule has 2 N–H and O–H groups in total. The number of carbonyl (C=O) groups excluding carboxylic acids is 2. The third kappa shape index (κ3) is 4.64. The molecule has 0 aliphatic carbocycles. The number of Topliss-reactive ketones (excluding diaryl/α,β-unsaturated/α-hetero) is 1. The molecule has 0 aromatic heterocycles. The van der Waals surface area contributed by atoms with E-state index < -0.39 is 17.7 Å². The van der Waals surface area contributed by atoms with Crippen LogP contribution in [0.5, 0.6) is 11.5 Å². The second kappa shape index (κ2) is 10.6. The fraction of sp³-hybridized carbons (Fsp3) is 0.241. The molecule has 3 aromatic rings. The Morgan fingerprint density at radius 2 is 1.64 bits per heavy atom. The van der Waals surface area contributed by atoms with Crippen LogP contribution in [0, 0.1) is 0 Å². The minimum atomic E-state index is -0.924. The first kappa shape index (κ1) is 24.9. The van der Waals surface area contributed by atoms with E-state index in [0.717, 1.165) is 18.8 Å². The first-order valence-electron chi connectivity index (χ1n) is 12.1. The molecule has 0 spiro atoms. The van der Waals surface area contributed by atoms with Crippen LogP contribution in [0.25, 0.3) is 5.76 Å². The summed E-state index contributed by atoms with van der Waals surface area (Å²) in [6, 6.07) is 19.6. The van der Waals surface area contributed by atoms with E-state index in [0.29, 0.717) is 29.2 Å². The Kier molecular flexibility index (Phi) is 7.29. The lowest BCUT2D eigenvalue weighted by Gasteiger charge is -2.27. The smallest absolute Gasteiger partial charge is 0.300 e. The Morgan fingerprint density at radius 1 is 0.944 bits per heavy atom. The molecule has 7 heteroatoms. The topological polar surface area (TPSA) is 90.3 Å². The van der Waals surface area contributed by atoms with Crippen molar-refractivity contribution in [2.45, 2.75) is 26.8 Å².